The summed E-state index contributed by atoms with van der Waals surface area (Å²) in [5.74, 6) is 0.0426. The van der Waals surface area contributed by atoms with Crippen LogP contribution in [0.2, 0.25) is 0 Å². The zero-order valence-corrected chi connectivity index (χ0v) is 13.0. The summed E-state index contributed by atoms with van der Waals surface area (Å²) in [5, 5.41) is 10.7. The molecule has 0 amide bonds. The van der Waals surface area contributed by atoms with Gasteiger partial charge in [-0.05, 0) is 23.3 Å². The summed E-state index contributed by atoms with van der Waals surface area (Å²) >= 11 is 0. The summed E-state index contributed by atoms with van der Waals surface area (Å²) in [6.07, 6.45) is -2.00. The minimum atomic E-state index is -3.62. The summed E-state index contributed by atoms with van der Waals surface area (Å²) in [5.41, 5.74) is 3.77. The van der Waals surface area contributed by atoms with Crippen LogP contribution in [0.3, 0.4) is 0 Å². The number of hydrogen-bond donors (Lipinski definition) is 1. The third-order valence-corrected chi connectivity index (χ3v) is 3.72. The van der Waals surface area contributed by atoms with Crippen LogP contribution in [0, 0.1) is 0 Å². The molecule has 1 aromatic heterocycles. The molecule has 0 radical (unpaired) electrons. The number of fused-ring (bicyclic) bond motifs is 1. The largest absolute Gasteiger partial charge is 0.586 e. The normalized spacial score (nSPS) is 15.0. The number of alkyl halides is 2. The van der Waals surface area contributed by atoms with Gasteiger partial charge in [-0.2, -0.15) is 15.4 Å². The van der Waals surface area contributed by atoms with Crippen molar-refractivity contribution in [3.05, 3.63) is 48.2 Å². The zero-order chi connectivity index (χ0) is 17.4. The van der Waals surface area contributed by atoms with Gasteiger partial charge in [-0.25, -0.2) is 0 Å². The number of hydrogen-bond acceptors (Lipinski definition) is 5. The van der Waals surface area contributed by atoms with Crippen LogP contribution in [0.1, 0.15) is 5.69 Å². The highest BCUT2D eigenvalue weighted by atomic mass is 19.3. The molecule has 8 heteroatoms. The van der Waals surface area contributed by atoms with Gasteiger partial charge < -0.3 is 9.47 Å². The van der Waals surface area contributed by atoms with Crippen molar-refractivity contribution in [2.75, 3.05) is 7.05 Å². The van der Waals surface area contributed by atoms with Gasteiger partial charge in [-0.1, -0.05) is 30.3 Å². The fraction of sp³-hybridized carbons (Fsp3) is 0.118. The number of aliphatic imine (C=N–C) groups is 1. The first-order valence-corrected chi connectivity index (χ1v) is 7.39. The van der Waals surface area contributed by atoms with Crippen molar-refractivity contribution >= 4 is 6.21 Å². The molecule has 0 saturated heterocycles. The van der Waals surface area contributed by atoms with E-state index in [2.05, 4.69) is 29.9 Å². The first-order valence-electron chi connectivity index (χ1n) is 7.39. The van der Waals surface area contributed by atoms with Crippen molar-refractivity contribution < 1.29 is 18.3 Å². The standard InChI is InChI=1S/C17H12F2N4O2/c1-20-9-13-16(22-23-21-13)11-4-2-10(3-5-11)12-6-7-14-15(8-12)25-17(18,19)24-14/h2-9H,1H3,(H,21,22,23). The zero-order valence-electron chi connectivity index (χ0n) is 13.0. The lowest BCUT2D eigenvalue weighted by Gasteiger charge is -2.05. The number of aromatic nitrogens is 3. The Hall–Kier alpha value is -3.29. The monoisotopic (exact) mass is 342 g/mol. The lowest BCUT2D eigenvalue weighted by molar-refractivity contribution is -0.286. The topological polar surface area (TPSA) is 72.4 Å². The van der Waals surface area contributed by atoms with E-state index in [1.54, 1.807) is 19.3 Å². The summed E-state index contributed by atoms with van der Waals surface area (Å²) in [4.78, 5) is 3.94. The molecular weight excluding hydrogens is 330 g/mol. The van der Waals surface area contributed by atoms with E-state index in [1.165, 1.54) is 12.1 Å². The van der Waals surface area contributed by atoms with Gasteiger partial charge in [-0.3, -0.25) is 4.99 Å². The molecule has 0 aliphatic carbocycles. The van der Waals surface area contributed by atoms with Gasteiger partial charge in [0.15, 0.2) is 11.5 Å². The molecule has 126 valence electrons. The van der Waals surface area contributed by atoms with Crippen molar-refractivity contribution in [1.82, 2.24) is 15.4 Å². The third-order valence-electron chi connectivity index (χ3n) is 3.72. The second-order valence-electron chi connectivity index (χ2n) is 5.35. The smallest absolute Gasteiger partial charge is 0.395 e. The van der Waals surface area contributed by atoms with Crippen molar-refractivity contribution in [3.8, 4) is 33.9 Å². The Morgan fingerprint density at radius 2 is 1.64 bits per heavy atom. The van der Waals surface area contributed by atoms with Crippen LogP contribution in [-0.2, 0) is 0 Å². The van der Waals surface area contributed by atoms with Crippen molar-refractivity contribution in [2.45, 2.75) is 6.29 Å². The molecule has 2 heterocycles. The van der Waals surface area contributed by atoms with E-state index in [1.807, 2.05) is 24.3 Å². The first kappa shape index (κ1) is 15.3. The first-order chi connectivity index (χ1) is 12.1. The maximum Gasteiger partial charge on any atom is 0.586 e. The van der Waals surface area contributed by atoms with E-state index in [4.69, 9.17) is 0 Å². The van der Waals surface area contributed by atoms with Crippen LogP contribution in [-0.4, -0.2) is 35.0 Å². The van der Waals surface area contributed by atoms with E-state index in [0.717, 1.165) is 16.7 Å². The quantitative estimate of drug-likeness (QED) is 0.739. The Morgan fingerprint density at radius 3 is 2.40 bits per heavy atom. The van der Waals surface area contributed by atoms with Gasteiger partial charge in [0.25, 0.3) is 0 Å². The minimum absolute atomic E-state index is 0.0181. The average molecular weight is 342 g/mol. The number of benzene rings is 2. The molecule has 0 atom stereocenters. The van der Waals surface area contributed by atoms with Crippen molar-refractivity contribution in [1.29, 1.82) is 0 Å². The van der Waals surface area contributed by atoms with E-state index < -0.39 is 6.29 Å². The maximum atomic E-state index is 13.1. The molecular formula is C17H12F2N4O2. The Kier molecular flexibility index (Phi) is 3.45. The maximum absolute atomic E-state index is 13.1. The molecule has 0 unspecified atom stereocenters. The van der Waals surface area contributed by atoms with Crippen LogP contribution in [0.15, 0.2) is 47.5 Å². The molecule has 1 aliphatic rings. The van der Waals surface area contributed by atoms with E-state index in [0.29, 0.717) is 11.4 Å². The van der Waals surface area contributed by atoms with Crippen molar-refractivity contribution in [3.63, 3.8) is 0 Å². The molecule has 0 bridgehead atoms. The SMILES string of the molecule is CN=Cc1n[nH]nc1-c1ccc(-c2ccc3c(c2)OC(F)(F)O3)cc1. The molecule has 4 rings (SSSR count). The summed E-state index contributed by atoms with van der Waals surface area (Å²) < 4.78 is 35.1. The molecule has 6 nitrogen and oxygen atoms in total. The van der Waals surface area contributed by atoms with E-state index in [9.17, 15) is 8.78 Å². The molecule has 1 aliphatic heterocycles. The summed E-state index contributed by atoms with van der Waals surface area (Å²) in [6.45, 7) is 0. The Bertz CT molecular complexity index is 952. The lowest BCUT2D eigenvalue weighted by atomic mass is 10.0. The van der Waals surface area contributed by atoms with E-state index >= 15 is 0 Å². The van der Waals surface area contributed by atoms with Crippen LogP contribution < -0.4 is 9.47 Å². The number of aromatic amines is 1. The lowest BCUT2D eigenvalue weighted by Crippen LogP contribution is -2.25. The van der Waals surface area contributed by atoms with Gasteiger partial charge >= 0.3 is 6.29 Å². The molecule has 1 N–H and O–H groups in total. The predicted molar refractivity (Wildman–Crippen MR) is 87.0 cm³/mol. The van der Waals surface area contributed by atoms with Crippen LogP contribution in [0.5, 0.6) is 11.5 Å². The van der Waals surface area contributed by atoms with Crippen LogP contribution in [0.4, 0.5) is 8.78 Å². The number of nitrogens with one attached hydrogen (secondary N) is 1. The molecule has 0 fully saturated rings. The molecule has 25 heavy (non-hydrogen) atoms. The van der Waals surface area contributed by atoms with Gasteiger partial charge in [0, 0.05) is 12.6 Å². The second kappa shape index (κ2) is 5.66. The van der Waals surface area contributed by atoms with E-state index in [-0.39, 0.29) is 11.5 Å². The summed E-state index contributed by atoms with van der Waals surface area (Å²) in [7, 11) is 1.66. The number of rotatable bonds is 3. The highest BCUT2D eigenvalue weighted by Gasteiger charge is 2.43. The molecule has 2 aromatic carbocycles. The Balaban J connectivity index is 1.64. The highest BCUT2D eigenvalue weighted by molar-refractivity contribution is 5.86. The van der Waals surface area contributed by atoms with Gasteiger partial charge in [-0.15, -0.1) is 8.78 Å². The number of halogens is 2. The highest BCUT2D eigenvalue weighted by Crippen LogP contribution is 2.43. The third kappa shape index (κ3) is 2.82. The Labute approximate surface area is 141 Å². The molecule has 0 saturated carbocycles. The number of H-pyrrole nitrogens is 1. The fourth-order valence-electron chi connectivity index (χ4n) is 2.61. The van der Waals surface area contributed by atoms with Crippen molar-refractivity contribution in [2.24, 2.45) is 4.99 Å². The molecule has 0 spiro atoms. The minimum Gasteiger partial charge on any atom is -0.395 e. The van der Waals surface area contributed by atoms with Gasteiger partial charge in [0.1, 0.15) is 11.4 Å². The van der Waals surface area contributed by atoms with Crippen LogP contribution in [0.25, 0.3) is 22.4 Å². The fourth-order valence-corrected chi connectivity index (χ4v) is 2.61. The second-order valence-corrected chi connectivity index (χ2v) is 5.35. The summed E-state index contributed by atoms with van der Waals surface area (Å²) in [6, 6.07) is 12.2. The average Bonchev–Trinajstić information content (AvgIpc) is 3.17. The number of ether oxygens (including phenoxy) is 2. The predicted octanol–water partition coefficient (Wildman–Crippen LogP) is 3.51. The van der Waals surface area contributed by atoms with Crippen LogP contribution >= 0.6 is 0 Å². The van der Waals surface area contributed by atoms with Gasteiger partial charge in [0.05, 0.1) is 6.21 Å². The Morgan fingerprint density at radius 1 is 0.960 bits per heavy atom. The number of nitrogens with zero attached hydrogens (tertiary/aromatic N) is 3. The van der Waals surface area contributed by atoms with Gasteiger partial charge in [0.2, 0.25) is 0 Å². The molecule has 3 aromatic rings.